The lowest BCUT2D eigenvalue weighted by Gasteiger charge is -2.38. The number of amides is 1. The summed E-state index contributed by atoms with van der Waals surface area (Å²) in [4.78, 5) is 16.3. The Bertz CT molecular complexity index is 685. The van der Waals surface area contributed by atoms with Crippen molar-refractivity contribution in [3.05, 3.63) is 10.6 Å². The fourth-order valence-corrected chi connectivity index (χ4v) is 4.64. The van der Waals surface area contributed by atoms with E-state index in [1.165, 1.54) is 0 Å². The lowest BCUT2D eigenvalue weighted by molar-refractivity contribution is -0.141. The van der Waals surface area contributed by atoms with E-state index in [1.807, 2.05) is 0 Å². The quantitative estimate of drug-likeness (QED) is 0.615. The molecule has 1 aromatic heterocycles. The van der Waals surface area contributed by atoms with Crippen molar-refractivity contribution in [2.75, 3.05) is 5.32 Å². The number of aromatic nitrogens is 1. The molecule has 0 spiro atoms. The van der Waals surface area contributed by atoms with Gasteiger partial charge in [-0.25, -0.2) is 4.98 Å². The van der Waals surface area contributed by atoms with Crippen molar-refractivity contribution in [3.8, 4) is 6.19 Å². The molecule has 5 nitrogen and oxygen atoms in total. The fraction of sp³-hybridized carbons (Fsp3) is 0.688. The van der Waals surface area contributed by atoms with Gasteiger partial charge in [0.2, 0.25) is 0 Å². The molecule has 0 unspecified atom stereocenters. The van der Waals surface area contributed by atoms with Crippen LogP contribution >= 0.6 is 11.3 Å². The molecule has 1 heterocycles. The monoisotopic (exact) mass is 372 g/mol. The van der Waals surface area contributed by atoms with Crippen molar-refractivity contribution in [1.29, 1.82) is 5.26 Å². The summed E-state index contributed by atoms with van der Waals surface area (Å²) in [6.07, 6.45) is 3.30. The zero-order chi connectivity index (χ0) is 18.1. The molecule has 0 radical (unpaired) electrons. The first kappa shape index (κ1) is 18.0. The van der Waals surface area contributed by atoms with Crippen molar-refractivity contribution >= 4 is 22.4 Å². The number of halogens is 3. The number of carbonyl (C=O) groups excluding carboxylic acids is 1. The number of rotatable bonds is 4. The Morgan fingerprint density at radius 2 is 1.92 bits per heavy atom. The smallest absolute Gasteiger partial charge is 0.308 e. The van der Waals surface area contributed by atoms with E-state index in [0.29, 0.717) is 12.8 Å². The second kappa shape index (κ2) is 6.83. The van der Waals surface area contributed by atoms with E-state index >= 15 is 0 Å². The van der Waals surface area contributed by atoms with Gasteiger partial charge < -0.3 is 5.32 Å². The van der Waals surface area contributed by atoms with Gasteiger partial charge in [-0.05, 0) is 38.0 Å². The number of thiazole rings is 1. The first-order valence-corrected chi connectivity index (χ1v) is 9.23. The second-order valence-corrected chi connectivity index (χ2v) is 7.72. The molecule has 9 heteroatoms. The Kier molecular flexibility index (Phi) is 4.91. The van der Waals surface area contributed by atoms with Gasteiger partial charge >= 0.3 is 6.18 Å². The Labute approximate surface area is 147 Å². The number of nitrogens with zero attached hydrogens (tertiary/aromatic N) is 2. The van der Waals surface area contributed by atoms with E-state index in [1.54, 1.807) is 6.19 Å². The third-order valence-electron chi connectivity index (χ3n) is 5.06. The maximum Gasteiger partial charge on any atom is 0.434 e. The van der Waals surface area contributed by atoms with Crippen LogP contribution < -0.4 is 10.6 Å². The van der Waals surface area contributed by atoms with Crippen LogP contribution in [0.4, 0.5) is 18.3 Å². The van der Waals surface area contributed by atoms with E-state index in [2.05, 4.69) is 15.6 Å². The van der Waals surface area contributed by atoms with Gasteiger partial charge in [-0.3, -0.25) is 10.1 Å². The molecule has 0 aliphatic heterocycles. The molecule has 0 bridgehead atoms. The number of hydrogen-bond donors (Lipinski definition) is 2. The van der Waals surface area contributed by atoms with Crippen LogP contribution in [-0.4, -0.2) is 16.4 Å². The number of nitriles is 1. The molecule has 25 heavy (non-hydrogen) atoms. The zero-order valence-electron chi connectivity index (χ0n) is 13.6. The lowest BCUT2D eigenvalue weighted by Crippen LogP contribution is -2.57. The summed E-state index contributed by atoms with van der Waals surface area (Å²) in [7, 11) is 0. The van der Waals surface area contributed by atoms with E-state index < -0.39 is 23.3 Å². The summed E-state index contributed by atoms with van der Waals surface area (Å²) in [5.74, 6) is -0.638. The SMILES string of the molecule is N#CNC1(C(=O)Nc2nc(C(F)(F)F)c(C3CCCCC3)s2)CCC1. The highest BCUT2D eigenvalue weighted by atomic mass is 32.1. The van der Waals surface area contributed by atoms with E-state index in [4.69, 9.17) is 5.26 Å². The highest BCUT2D eigenvalue weighted by Crippen LogP contribution is 2.45. The van der Waals surface area contributed by atoms with E-state index in [0.717, 1.165) is 49.9 Å². The van der Waals surface area contributed by atoms with Gasteiger partial charge in [-0.1, -0.05) is 19.3 Å². The van der Waals surface area contributed by atoms with E-state index in [9.17, 15) is 18.0 Å². The van der Waals surface area contributed by atoms with Crippen LogP contribution in [0.1, 0.15) is 67.9 Å². The summed E-state index contributed by atoms with van der Waals surface area (Å²) in [6.45, 7) is 0. The number of nitrogens with one attached hydrogen (secondary N) is 2. The van der Waals surface area contributed by atoms with Crippen LogP contribution in [0.25, 0.3) is 0 Å². The number of alkyl halides is 3. The standard InChI is InChI=1S/C16H19F3N4OS/c17-16(18,19)12-11(10-5-2-1-3-6-10)25-14(22-12)23-13(24)15(21-9-20)7-4-8-15/h10,21H,1-8H2,(H,22,23,24). The van der Waals surface area contributed by atoms with Gasteiger partial charge in [-0.15, -0.1) is 11.3 Å². The van der Waals surface area contributed by atoms with Crippen molar-refractivity contribution in [1.82, 2.24) is 10.3 Å². The summed E-state index contributed by atoms with van der Waals surface area (Å²) in [5, 5.41) is 13.7. The lowest BCUT2D eigenvalue weighted by atomic mass is 9.76. The zero-order valence-corrected chi connectivity index (χ0v) is 14.4. The predicted molar refractivity (Wildman–Crippen MR) is 86.9 cm³/mol. The molecule has 0 saturated heterocycles. The second-order valence-electron chi connectivity index (χ2n) is 6.69. The minimum Gasteiger partial charge on any atom is -0.308 e. The molecule has 1 amide bonds. The van der Waals surface area contributed by atoms with Crippen LogP contribution in [-0.2, 0) is 11.0 Å². The summed E-state index contributed by atoms with van der Waals surface area (Å²) >= 11 is 0.916. The van der Waals surface area contributed by atoms with Crippen LogP contribution in [0.2, 0.25) is 0 Å². The molecule has 2 fully saturated rings. The van der Waals surface area contributed by atoms with Crippen molar-refractivity contribution in [3.63, 3.8) is 0 Å². The third kappa shape index (κ3) is 3.59. The Balaban J connectivity index is 1.83. The fourth-order valence-electron chi connectivity index (χ4n) is 3.49. The Morgan fingerprint density at radius 3 is 2.44 bits per heavy atom. The van der Waals surface area contributed by atoms with Gasteiger partial charge in [0.1, 0.15) is 5.54 Å². The number of anilines is 1. The van der Waals surface area contributed by atoms with Crippen molar-refractivity contribution in [2.24, 2.45) is 0 Å². The minimum atomic E-state index is -4.54. The van der Waals surface area contributed by atoms with Crippen molar-refractivity contribution < 1.29 is 18.0 Å². The molecule has 2 aliphatic carbocycles. The third-order valence-corrected chi connectivity index (χ3v) is 6.19. The van der Waals surface area contributed by atoms with Gasteiger partial charge in [0.25, 0.3) is 5.91 Å². The van der Waals surface area contributed by atoms with Crippen LogP contribution in [0.15, 0.2) is 0 Å². The first-order valence-electron chi connectivity index (χ1n) is 8.41. The van der Waals surface area contributed by atoms with Gasteiger partial charge in [0.05, 0.1) is 0 Å². The number of hydrogen-bond acceptors (Lipinski definition) is 5. The molecule has 3 rings (SSSR count). The highest BCUT2D eigenvalue weighted by molar-refractivity contribution is 7.16. The first-order chi connectivity index (χ1) is 11.9. The molecular formula is C16H19F3N4OS. The molecule has 136 valence electrons. The summed E-state index contributed by atoms with van der Waals surface area (Å²) in [5.41, 5.74) is -1.89. The summed E-state index contributed by atoms with van der Waals surface area (Å²) < 4.78 is 40.1. The molecule has 2 aliphatic rings. The average Bonchev–Trinajstić information content (AvgIpc) is 2.95. The highest BCUT2D eigenvalue weighted by Gasteiger charge is 2.45. The average molecular weight is 372 g/mol. The van der Waals surface area contributed by atoms with Crippen molar-refractivity contribution in [2.45, 2.75) is 69.0 Å². The normalized spacial score (nSPS) is 20.4. The van der Waals surface area contributed by atoms with Crippen LogP contribution in [0, 0.1) is 11.5 Å². The number of carbonyl (C=O) groups is 1. The maximum atomic E-state index is 13.4. The predicted octanol–water partition coefficient (Wildman–Crippen LogP) is 4.14. The van der Waals surface area contributed by atoms with Gasteiger partial charge in [-0.2, -0.15) is 18.4 Å². The molecule has 2 N–H and O–H groups in total. The topological polar surface area (TPSA) is 77.8 Å². The molecular weight excluding hydrogens is 353 g/mol. The Morgan fingerprint density at radius 1 is 1.24 bits per heavy atom. The van der Waals surface area contributed by atoms with Gasteiger partial charge in [0, 0.05) is 4.88 Å². The van der Waals surface area contributed by atoms with Gasteiger partial charge in [0.15, 0.2) is 17.0 Å². The molecule has 0 atom stereocenters. The maximum absolute atomic E-state index is 13.4. The summed E-state index contributed by atoms with van der Waals surface area (Å²) in [6, 6.07) is 0. The molecule has 2 saturated carbocycles. The van der Waals surface area contributed by atoms with E-state index in [-0.39, 0.29) is 15.9 Å². The largest absolute Gasteiger partial charge is 0.434 e. The minimum absolute atomic E-state index is 0.0380. The van der Waals surface area contributed by atoms with Crippen LogP contribution in [0.3, 0.4) is 0 Å². The molecule has 1 aromatic rings. The Hall–Kier alpha value is -1.82. The molecule has 0 aromatic carbocycles. The van der Waals surface area contributed by atoms with Crippen LogP contribution in [0.5, 0.6) is 0 Å².